The molecule has 7 nitrogen and oxygen atoms in total. The Morgan fingerprint density at radius 3 is 2.71 bits per heavy atom. The normalized spacial score (nSPS) is 13.9. The fraction of sp³-hybridized carbons (Fsp3) is 0.222. The molecule has 1 saturated heterocycles. The molecule has 2 heterocycles. The standard InChI is InChI=1S/C27H25ClN4O3/c28-22-8-9-24-23(14-22)25(31-30-24)15-29-27(34)21-3-1-2-20(13-21)12-18-4-6-19(7-5-18)16-32-10-11-35-17-26(32)33/h1-9,13-14H,10-12,15-17H2,(H,29,34)(H,30,31). The predicted molar refractivity (Wildman–Crippen MR) is 134 cm³/mol. The van der Waals surface area contributed by atoms with Crippen LogP contribution in [-0.2, 0) is 29.0 Å². The van der Waals surface area contributed by atoms with Gasteiger partial charge in [0.05, 0.1) is 24.4 Å². The lowest BCUT2D eigenvalue weighted by Crippen LogP contribution is -2.40. The zero-order chi connectivity index (χ0) is 24.2. The highest BCUT2D eigenvalue weighted by atomic mass is 35.5. The van der Waals surface area contributed by atoms with Crippen LogP contribution in [0.15, 0.2) is 66.7 Å². The number of carbonyl (C=O) groups is 2. The molecule has 0 aliphatic carbocycles. The van der Waals surface area contributed by atoms with Gasteiger partial charge in [0.25, 0.3) is 5.91 Å². The van der Waals surface area contributed by atoms with E-state index in [1.807, 2.05) is 35.2 Å². The summed E-state index contributed by atoms with van der Waals surface area (Å²) < 4.78 is 5.19. The Bertz CT molecular complexity index is 1370. The smallest absolute Gasteiger partial charge is 0.251 e. The second kappa shape index (κ2) is 10.3. The summed E-state index contributed by atoms with van der Waals surface area (Å²) in [6, 6.07) is 21.4. The lowest BCUT2D eigenvalue weighted by molar-refractivity contribution is -0.143. The number of H-pyrrole nitrogens is 1. The van der Waals surface area contributed by atoms with Crippen LogP contribution in [0.5, 0.6) is 0 Å². The average molecular weight is 489 g/mol. The van der Waals surface area contributed by atoms with Crippen LogP contribution in [-0.4, -0.2) is 46.7 Å². The lowest BCUT2D eigenvalue weighted by atomic mass is 10.0. The van der Waals surface area contributed by atoms with Gasteiger partial charge in [0, 0.05) is 29.1 Å². The van der Waals surface area contributed by atoms with Crippen LogP contribution in [0.1, 0.15) is 32.7 Å². The molecule has 178 valence electrons. The van der Waals surface area contributed by atoms with Gasteiger partial charge in [-0.3, -0.25) is 14.7 Å². The third-order valence-electron chi connectivity index (χ3n) is 6.10. The monoisotopic (exact) mass is 488 g/mol. The maximum Gasteiger partial charge on any atom is 0.251 e. The van der Waals surface area contributed by atoms with Crippen molar-refractivity contribution in [3.63, 3.8) is 0 Å². The van der Waals surface area contributed by atoms with Crippen molar-refractivity contribution in [3.05, 3.63) is 99.7 Å². The summed E-state index contributed by atoms with van der Waals surface area (Å²) >= 11 is 6.10. The molecule has 0 radical (unpaired) electrons. The number of fused-ring (bicyclic) bond motifs is 1. The molecule has 0 atom stereocenters. The van der Waals surface area contributed by atoms with Crippen LogP contribution in [0.3, 0.4) is 0 Å². The molecule has 8 heteroatoms. The molecule has 0 saturated carbocycles. The van der Waals surface area contributed by atoms with E-state index >= 15 is 0 Å². The summed E-state index contributed by atoms with van der Waals surface area (Å²) in [7, 11) is 0. The second-order valence-electron chi connectivity index (χ2n) is 8.60. The number of benzene rings is 3. The van der Waals surface area contributed by atoms with Crippen LogP contribution in [0.25, 0.3) is 10.9 Å². The van der Waals surface area contributed by atoms with Gasteiger partial charge in [-0.2, -0.15) is 5.10 Å². The van der Waals surface area contributed by atoms with Gasteiger partial charge in [-0.1, -0.05) is 48.0 Å². The highest BCUT2D eigenvalue weighted by Crippen LogP contribution is 2.21. The number of amides is 2. The van der Waals surface area contributed by atoms with Gasteiger partial charge in [0.2, 0.25) is 5.91 Å². The molecular weight excluding hydrogens is 464 g/mol. The molecule has 1 aliphatic heterocycles. The number of carbonyl (C=O) groups excluding carboxylic acids is 2. The third kappa shape index (κ3) is 5.53. The number of halogens is 1. The summed E-state index contributed by atoms with van der Waals surface area (Å²) in [5, 5.41) is 11.7. The minimum atomic E-state index is -0.157. The molecule has 4 aromatic rings. The molecule has 2 N–H and O–H groups in total. The first-order valence-corrected chi connectivity index (χ1v) is 11.9. The number of ether oxygens (including phenoxy) is 1. The van der Waals surface area contributed by atoms with E-state index in [4.69, 9.17) is 16.3 Å². The van der Waals surface area contributed by atoms with Crippen molar-refractivity contribution in [2.75, 3.05) is 19.8 Å². The summed E-state index contributed by atoms with van der Waals surface area (Å²) in [6.45, 7) is 2.26. The molecule has 0 bridgehead atoms. The molecule has 1 aromatic heterocycles. The first kappa shape index (κ1) is 23.1. The first-order chi connectivity index (χ1) is 17.0. The quantitative estimate of drug-likeness (QED) is 0.410. The van der Waals surface area contributed by atoms with Gasteiger partial charge in [-0.05, 0) is 53.4 Å². The zero-order valence-electron chi connectivity index (χ0n) is 19.1. The number of aromatic amines is 1. The van der Waals surface area contributed by atoms with Crippen LogP contribution < -0.4 is 5.32 Å². The summed E-state index contributed by atoms with van der Waals surface area (Å²) in [5.74, 6) is -0.129. The SMILES string of the molecule is O=C(NCc1n[nH]c2ccc(Cl)cc12)c1cccc(Cc2ccc(CN3CCOCC3=O)cc2)c1. The number of nitrogens with zero attached hydrogens (tertiary/aromatic N) is 2. The van der Waals surface area contributed by atoms with E-state index in [0.29, 0.717) is 43.2 Å². The van der Waals surface area contributed by atoms with Crippen LogP contribution in [0.4, 0.5) is 0 Å². The maximum absolute atomic E-state index is 12.8. The number of morpholine rings is 1. The Kier molecular flexibility index (Phi) is 6.79. The fourth-order valence-corrected chi connectivity index (χ4v) is 4.37. The van der Waals surface area contributed by atoms with E-state index in [-0.39, 0.29) is 18.4 Å². The molecule has 35 heavy (non-hydrogen) atoms. The summed E-state index contributed by atoms with van der Waals surface area (Å²) in [6.07, 6.45) is 0.709. The van der Waals surface area contributed by atoms with Crippen molar-refractivity contribution < 1.29 is 14.3 Å². The molecule has 1 aliphatic rings. The molecule has 2 amide bonds. The largest absolute Gasteiger partial charge is 0.370 e. The van der Waals surface area contributed by atoms with Crippen LogP contribution >= 0.6 is 11.6 Å². The number of nitrogens with one attached hydrogen (secondary N) is 2. The van der Waals surface area contributed by atoms with E-state index in [0.717, 1.165) is 33.3 Å². The Labute approximate surface area is 208 Å². The fourth-order valence-electron chi connectivity index (χ4n) is 4.20. The Morgan fingerprint density at radius 2 is 1.89 bits per heavy atom. The first-order valence-electron chi connectivity index (χ1n) is 11.5. The Balaban J connectivity index is 1.20. The van der Waals surface area contributed by atoms with Gasteiger partial charge in [-0.15, -0.1) is 0 Å². The van der Waals surface area contributed by atoms with E-state index in [1.165, 1.54) is 0 Å². The highest BCUT2D eigenvalue weighted by Gasteiger charge is 2.18. The summed E-state index contributed by atoms with van der Waals surface area (Å²) in [4.78, 5) is 26.5. The average Bonchev–Trinajstić information content (AvgIpc) is 3.27. The number of hydrogen-bond donors (Lipinski definition) is 2. The van der Waals surface area contributed by atoms with E-state index in [9.17, 15) is 9.59 Å². The zero-order valence-corrected chi connectivity index (χ0v) is 19.8. The molecule has 0 spiro atoms. The van der Waals surface area contributed by atoms with Gasteiger partial charge in [-0.25, -0.2) is 0 Å². The van der Waals surface area contributed by atoms with Crippen molar-refractivity contribution >= 4 is 34.3 Å². The molecular formula is C27H25ClN4O3. The number of hydrogen-bond acceptors (Lipinski definition) is 4. The van der Waals surface area contributed by atoms with E-state index in [2.05, 4.69) is 39.8 Å². The second-order valence-corrected chi connectivity index (χ2v) is 9.04. The van der Waals surface area contributed by atoms with Gasteiger partial charge < -0.3 is 15.0 Å². The van der Waals surface area contributed by atoms with E-state index in [1.54, 1.807) is 12.1 Å². The highest BCUT2D eigenvalue weighted by molar-refractivity contribution is 6.31. The molecule has 5 rings (SSSR count). The third-order valence-corrected chi connectivity index (χ3v) is 6.33. The van der Waals surface area contributed by atoms with E-state index < -0.39 is 0 Å². The number of aromatic nitrogens is 2. The summed E-state index contributed by atoms with van der Waals surface area (Å²) in [5.41, 5.74) is 5.49. The maximum atomic E-state index is 12.8. The van der Waals surface area contributed by atoms with Gasteiger partial charge >= 0.3 is 0 Å². The van der Waals surface area contributed by atoms with Crippen molar-refractivity contribution in [2.24, 2.45) is 0 Å². The minimum absolute atomic E-state index is 0.0275. The van der Waals surface area contributed by atoms with Crippen molar-refractivity contribution in [1.82, 2.24) is 20.4 Å². The van der Waals surface area contributed by atoms with Crippen LogP contribution in [0.2, 0.25) is 5.02 Å². The Morgan fingerprint density at radius 1 is 1.06 bits per heavy atom. The van der Waals surface area contributed by atoms with Gasteiger partial charge in [0.1, 0.15) is 6.61 Å². The predicted octanol–water partition coefficient (Wildman–Crippen LogP) is 4.10. The topological polar surface area (TPSA) is 87.3 Å². The van der Waals surface area contributed by atoms with Crippen molar-refractivity contribution in [2.45, 2.75) is 19.5 Å². The minimum Gasteiger partial charge on any atom is -0.370 e. The van der Waals surface area contributed by atoms with Crippen LogP contribution in [0, 0.1) is 0 Å². The Hall–Kier alpha value is -3.68. The molecule has 1 fully saturated rings. The number of rotatable bonds is 7. The lowest BCUT2D eigenvalue weighted by Gasteiger charge is -2.26. The van der Waals surface area contributed by atoms with Gasteiger partial charge in [0.15, 0.2) is 0 Å². The van der Waals surface area contributed by atoms with Crippen molar-refractivity contribution in [3.8, 4) is 0 Å². The molecule has 0 unspecified atom stereocenters. The van der Waals surface area contributed by atoms with Crippen molar-refractivity contribution in [1.29, 1.82) is 0 Å². The molecule has 3 aromatic carbocycles.